The van der Waals surface area contributed by atoms with Crippen LogP contribution in [0.3, 0.4) is 0 Å². The fourth-order valence-electron chi connectivity index (χ4n) is 3.33. The van der Waals surface area contributed by atoms with Crippen molar-refractivity contribution in [1.82, 2.24) is 4.98 Å². The number of aromatic carboxylic acids is 1. The van der Waals surface area contributed by atoms with E-state index in [4.69, 9.17) is 15.2 Å². The third-order valence-corrected chi connectivity index (χ3v) is 5.09. The second-order valence-electron chi connectivity index (χ2n) is 7.61. The van der Waals surface area contributed by atoms with Crippen LogP contribution in [-0.4, -0.2) is 16.1 Å². The lowest BCUT2D eigenvalue weighted by Gasteiger charge is -2.12. The summed E-state index contributed by atoms with van der Waals surface area (Å²) in [4.78, 5) is 15.3. The Morgan fingerprint density at radius 1 is 0.886 bits per heavy atom. The summed E-state index contributed by atoms with van der Waals surface area (Å²) in [5.41, 5.74) is 7.66. The molecule has 0 bridgehead atoms. The van der Waals surface area contributed by atoms with Crippen molar-refractivity contribution in [2.24, 2.45) is 5.73 Å². The van der Waals surface area contributed by atoms with E-state index in [1.54, 1.807) is 43.3 Å². The minimum Gasteiger partial charge on any atom is -0.478 e. The normalized spacial score (nSPS) is 10.8. The second kappa shape index (κ2) is 9.86. The summed E-state index contributed by atoms with van der Waals surface area (Å²) in [7, 11) is 0. The number of ether oxygens (including phenoxy) is 2. The summed E-state index contributed by atoms with van der Waals surface area (Å²) in [5.74, 6) is -5.15. The minimum absolute atomic E-state index is 0.0217. The van der Waals surface area contributed by atoms with E-state index < -0.39 is 35.2 Å². The number of aryl methyl sites for hydroxylation is 1. The van der Waals surface area contributed by atoms with Gasteiger partial charge in [0, 0.05) is 18.2 Å². The molecule has 0 saturated carbocycles. The summed E-state index contributed by atoms with van der Waals surface area (Å²) < 4.78 is 53.6. The number of benzene rings is 3. The van der Waals surface area contributed by atoms with Crippen LogP contribution in [0.15, 0.2) is 66.7 Å². The largest absolute Gasteiger partial charge is 0.478 e. The Morgan fingerprint density at radius 2 is 1.60 bits per heavy atom. The molecular weight excluding hydrogens is 461 g/mol. The van der Waals surface area contributed by atoms with Crippen LogP contribution in [0.2, 0.25) is 0 Å². The van der Waals surface area contributed by atoms with Gasteiger partial charge in [-0.2, -0.15) is 4.98 Å². The molecule has 4 aromatic rings. The smallest absolute Gasteiger partial charge is 0.339 e. The Balaban J connectivity index is 1.65. The first kappa shape index (κ1) is 23.8. The molecule has 0 aliphatic carbocycles. The molecule has 3 N–H and O–H groups in total. The maximum absolute atomic E-state index is 14.5. The van der Waals surface area contributed by atoms with Gasteiger partial charge in [-0.25, -0.2) is 18.0 Å². The average molecular weight is 480 g/mol. The molecule has 0 amide bonds. The molecule has 9 heteroatoms. The molecule has 1 heterocycles. The number of aromatic nitrogens is 1. The van der Waals surface area contributed by atoms with Crippen LogP contribution in [0.5, 0.6) is 23.3 Å². The lowest BCUT2D eigenvalue weighted by molar-refractivity contribution is 0.0694. The highest BCUT2D eigenvalue weighted by atomic mass is 19.1. The number of nitrogens with zero attached hydrogens (tertiary/aromatic N) is 1. The lowest BCUT2D eigenvalue weighted by atomic mass is 10.0. The number of hydrogen-bond donors (Lipinski definition) is 2. The average Bonchev–Trinajstić information content (AvgIpc) is 2.82. The highest BCUT2D eigenvalue weighted by Gasteiger charge is 2.19. The van der Waals surface area contributed by atoms with Gasteiger partial charge in [0.15, 0.2) is 11.6 Å². The number of pyridine rings is 1. The molecule has 0 fully saturated rings. The molecule has 178 valence electrons. The zero-order valence-electron chi connectivity index (χ0n) is 18.4. The Kier molecular flexibility index (Phi) is 6.70. The van der Waals surface area contributed by atoms with Crippen molar-refractivity contribution in [3.63, 3.8) is 0 Å². The standard InChI is InChI=1S/C26H19F3N2O4/c1-14-5-7-19(26(32)33)23(9-14)35-25-22(29)12-21(28)24(31-25)34-18-4-2-3-15(11-18)16-6-8-20(27)17(10-16)13-30/h2-12H,13,30H2,1H3,(H,32,33). The van der Waals surface area contributed by atoms with E-state index in [0.29, 0.717) is 28.3 Å². The van der Waals surface area contributed by atoms with E-state index in [2.05, 4.69) is 4.98 Å². The van der Waals surface area contributed by atoms with Gasteiger partial charge in [-0.3, -0.25) is 0 Å². The van der Waals surface area contributed by atoms with Gasteiger partial charge in [0.2, 0.25) is 0 Å². The fourth-order valence-corrected chi connectivity index (χ4v) is 3.33. The number of nitrogens with two attached hydrogens (primary N) is 1. The number of hydrogen-bond acceptors (Lipinski definition) is 5. The van der Waals surface area contributed by atoms with Gasteiger partial charge in [0.05, 0.1) is 0 Å². The molecule has 35 heavy (non-hydrogen) atoms. The molecule has 6 nitrogen and oxygen atoms in total. The topological polar surface area (TPSA) is 94.7 Å². The molecule has 0 unspecified atom stereocenters. The highest BCUT2D eigenvalue weighted by molar-refractivity contribution is 5.91. The van der Waals surface area contributed by atoms with E-state index in [0.717, 1.165) is 0 Å². The Bertz CT molecular complexity index is 1430. The van der Waals surface area contributed by atoms with Crippen LogP contribution in [0, 0.1) is 24.4 Å². The predicted molar refractivity (Wildman–Crippen MR) is 122 cm³/mol. The molecule has 1 aromatic heterocycles. The van der Waals surface area contributed by atoms with Gasteiger partial charge in [0.25, 0.3) is 11.8 Å². The quantitative estimate of drug-likeness (QED) is 0.326. The monoisotopic (exact) mass is 480 g/mol. The van der Waals surface area contributed by atoms with E-state index in [1.807, 2.05) is 0 Å². The third kappa shape index (κ3) is 5.25. The molecule has 0 aliphatic heterocycles. The van der Waals surface area contributed by atoms with Crippen LogP contribution in [0.4, 0.5) is 13.2 Å². The Morgan fingerprint density at radius 3 is 2.31 bits per heavy atom. The number of carboxylic acid groups (broad SMARTS) is 1. The molecule has 4 rings (SSSR count). The SMILES string of the molecule is Cc1ccc(C(=O)O)c(Oc2nc(Oc3cccc(-c4ccc(F)c(CN)c4)c3)c(F)cc2F)c1. The van der Waals surface area contributed by atoms with Crippen molar-refractivity contribution in [2.45, 2.75) is 13.5 Å². The maximum Gasteiger partial charge on any atom is 0.339 e. The molecule has 0 atom stereocenters. The molecule has 3 aromatic carbocycles. The van der Waals surface area contributed by atoms with E-state index >= 15 is 0 Å². The van der Waals surface area contributed by atoms with Gasteiger partial charge in [-0.1, -0.05) is 24.3 Å². The van der Waals surface area contributed by atoms with Gasteiger partial charge in [0.1, 0.15) is 22.9 Å². The summed E-state index contributed by atoms with van der Waals surface area (Å²) in [6, 6.07) is 15.7. The zero-order chi connectivity index (χ0) is 25.1. The number of carbonyl (C=O) groups is 1. The van der Waals surface area contributed by atoms with Gasteiger partial charge in [-0.05, 0) is 60.0 Å². The number of carboxylic acids is 1. The zero-order valence-corrected chi connectivity index (χ0v) is 18.4. The van der Waals surface area contributed by atoms with Crippen LogP contribution < -0.4 is 15.2 Å². The van der Waals surface area contributed by atoms with Crippen LogP contribution in [0.25, 0.3) is 11.1 Å². The van der Waals surface area contributed by atoms with E-state index in [9.17, 15) is 23.1 Å². The summed E-state index contributed by atoms with van der Waals surface area (Å²) in [6.45, 7) is 1.72. The Hall–Kier alpha value is -4.37. The van der Waals surface area contributed by atoms with Gasteiger partial charge < -0.3 is 20.3 Å². The van der Waals surface area contributed by atoms with Crippen molar-refractivity contribution in [2.75, 3.05) is 0 Å². The third-order valence-electron chi connectivity index (χ3n) is 5.09. The minimum atomic E-state index is -1.28. The molecular formula is C26H19F3N2O4. The predicted octanol–water partition coefficient (Wildman–Crippen LogP) is 6.22. The lowest BCUT2D eigenvalue weighted by Crippen LogP contribution is -2.03. The van der Waals surface area contributed by atoms with Crippen LogP contribution in [-0.2, 0) is 6.54 Å². The van der Waals surface area contributed by atoms with Crippen molar-refractivity contribution in [3.8, 4) is 34.4 Å². The summed E-state index contributed by atoms with van der Waals surface area (Å²) in [6.07, 6.45) is 0. The summed E-state index contributed by atoms with van der Waals surface area (Å²) >= 11 is 0. The first-order valence-corrected chi connectivity index (χ1v) is 10.4. The molecule has 0 spiro atoms. The van der Waals surface area contributed by atoms with Crippen molar-refractivity contribution >= 4 is 5.97 Å². The van der Waals surface area contributed by atoms with E-state index in [1.165, 1.54) is 24.3 Å². The number of rotatable bonds is 7. The second-order valence-corrected chi connectivity index (χ2v) is 7.61. The highest BCUT2D eigenvalue weighted by Crippen LogP contribution is 2.33. The summed E-state index contributed by atoms with van der Waals surface area (Å²) in [5, 5.41) is 9.36. The Labute approximate surface area is 198 Å². The molecule has 0 aliphatic rings. The fraction of sp³-hybridized carbons (Fsp3) is 0.0769. The maximum atomic E-state index is 14.5. The first-order valence-electron chi connectivity index (χ1n) is 10.4. The van der Waals surface area contributed by atoms with Crippen LogP contribution in [0.1, 0.15) is 21.5 Å². The van der Waals surface area contributed by atoms with Crippen molar-refractivity contribution < 1.29 is 32.5 Å². The van der Waals surface area contributed by atoms with E-state index in [-0.39, 0.29) is 23.6 Å². The number of halogens is 3. The molecule has 0 radical (unpaired) electrons. The molecule has 0 saturated heterocycles. The van der Waals surface area contributed by atoms with Crippen molar-refractivity contribution in [3.05, 3.63) is 101 Å². The van der Waals surface area contributed by atoms with Gasteiger partial charge >= 0.3 is 5.97 Å². The first-order chi connectivity index (χ1) is 16.7. The van der Waals surface area contributed by atoms with Crippen molar-refractivity contribution in [1.29, 1.82) is 0 Å². The van der Waals surface area contributed by atoms with Gasteiger partial charge in [-0.15, -0.1) is 0 Å². The van der Waals surface area contributed by atoms with Crippen LogP contribution >= 0.6 is 0 Å².